The summed E-state index contributed by atoms with van der Waals surface area (Å²) < 4.78 is 40.8. The van der Waals surface area contributed by atoms with E-state index in [0.717, 1.165) is 6.42 Å². The molecule has 0 unspecified atom stereocenters. The average Bonchev–Trinajstić information content (AvgIpc) is 2.77. The highest BCUT2D eigenvalue weighted by atomic mass is 16.5. The summed E-state index contributed by atoms with van der Waals surface area (Å²) in [7, 11) is 0. The van der Waals surface area contributed by atoms with Gasteiger partial charge in [0.1, 0.15) is 0 Å². The molecule has 0 amide bonds. The Balaban J connectivity index is 5.02. The molecule has 0 N–H and O–H groups in total. The summed E-state index contributed by atoms with van der Waals surface area (Å²) in [4.78, 5) is 0. The lowest BCUT2D eigenvalue weighted by Gasteiger charge is -2.35. The molecule has 0 spiro atoms. The van der Waals surface area contributed by atoms with E-state index in [-0.39, 0.29) is 10.8 Å². The van der Waals surface area contributed by atoms with Gasteiger partial charge >= 0.3 is 0 Å². The summed E-state index contributed by atoms with van der Waals surface area (Å²) in [5, 5.41) is 0. The maximum Gasteiger partial charge on any atom is 0.0637 e. The largest absolute Gasteiger partial charge is 0.381 e. The Morgan fingerprint density at radius 2 is 0.633 bits per heavy atom. The zero-order valence-corrected chi connectivity index (χ0v) is 20.5. The number of hydrogen-bond acceptors (Lipinski definition) is 7. The van der Waals surface area contributed by atoms with Crippen LogP contribution in [0, 0.1) is 10.8 Å². The van der Waals surface area contributed by atoms with Crippen molar-refractivity contribution >= 4 is 0 Å². The second-order valence-corrected chi connectivity index (χ2v) is 7.63. The molecule has 0 aromatic rings. The summed E-state index contributed by atoms with van der Waals surface area (Å²) in [6, 6.07) is 0. The minimum atomic E-state index is -0.315. The maximum atomic E-state index is 6.18. The van der Waals surface area contributed by atoms with Crippen LogP contribution in [0.15, 0.2) is 0 Å². The summed E-state index contributed by atoms with van der Waals surface area (Å²) in [6.07, 6.45) is 0.793. The summed E-state index contributed by atoms with van der Waals surface area (Å²) in [6.45, 7) is 20.5. The Bertz CT molecular complexity index is 288. The van der Waals surface area contributed by atoms with Gasteiger partial charge in [-0.3, -0.25) is 0 Å². The highest BCUT2D eigenvalue weighted by molar-refractivity contribution is 4.82. The first-order chi connectivity index (χ1) is 14.6. The minimum absolute atomic E-state index is 0.218. The molecule has 0 saturated heterocycles. The van der Waals surface area contributed by atoms with Gasteiger partial charge in [0.25, 0.3) is 0 Å². The van der Waals surface area contributed by atoms with Crippen LogP contribution in [0.5, 0.6) is 0 Å². The third-order valence-corrected chi connectivity index (χ3v) is 4.86. The smallest absolute Gasteiger partial charge is 0.0637 e. The zero-order valence-electron chi connectivity index (χ0n) is 20.5. The topological polar surface area (TPSA) is 64.6 Å². The fourth-order valence-electron chi connectivity index (χ4n) is 3.08. The molecule has 0 saturated carbocycles. The Morgan fingerprint density at radius 3 is 0.933 bits per heavy atom. The second kappa shape index (κ2) is 19.4. The van der Waals surface area contributed by atoms with Crippen molar-refractivity contribution in [2.75, 3.05) is 92.5 Å². The molecule has 0 heterocycles. The molecule has 0 aromatic heterocycles. The van der Waals surface area contributed by atoms with Crippen LogP contribution in [-0.2, 0) is 33.2 Å². The van der Waals surface area contributed by atoms with Crippen LogP contribution in [0.2, 0.25) is 0 Å². The zero-order chi connectivity index (χ0) is 22.6. The molecule has 0 aliphatic carbocycles. The first-order valence-electron chi connectivity index (χ1n) is 11.6. The lowest BCUT2D eigenvalue weighted by molar-refractivity contribution is -0.114. The number of rotatable bonds is 23. The molecule has 0 aliphatic heterocycles. The van der Waals surface area contributed by atoms with Gasteiger partial charge in [-0.05, 0) is 48.0 Å². The molecule has 7 nitrogen and oxygen atoms in total. The summed E-state index contributed by atoms with van der Waals surface area (Å²) in [5.41, 5.74) is -0.533. The van der Waals surface area contributed by atoms with Gasteiger partial charge < -0.3 is 33.2 Å². The highest BCUT2D eigenvalue weighted by Crippen LogP contribution is 2.26. The summed E-state index contributed by atoms with van der Waals surface area (Å²) >= 11 is 0. The fraction of sp³-hybridized carbons (Fsp3) is 1.00. The number of ether oxygens (including phenoxy) is 7. The molecule has 7 heteroatoms. The quantitative estimate of drug-likeness (QED) is 0.227. The van der Waals surface area contributed by atoms with Crippen molar-refractivity contribution in [2.24, 2.45) is 10.8 Å². The Hall–Kier alpha value is -0.280. The van der Waals surface area contributed by atoms with Crippen molar-refractivity contribution in [2.45, 2.75) is 48.0 Å². The van der Waals surface area contributed by atoms with Crippen LogP contribution in [0.1, 0.15) is 48.0 Å². The van der Waals surface area contributed by atoms with Gasteiger partial charge in [-0.15, -0.1) is 0 Å². The standard InChI is InChI=1S/C23H48O7/c1-7-24-15-22(16-25-8-2,17-26-9-3)13-14-30-21-23(18-27-10-4,19-28-11-5)20-29-12-6/h7-21H2,1-6H3. The molecular formula is C23H48O7. The van der Waals surface area contributed by atoms with E-state index in [1.165, 1.54) is 0 Å². The van der Waals surface area contributed by atoms with Gasteiger partial charge in [0.05, 0.1) is 51.7 Å². The molecule has 0 bridgehead atoms. The number of hydrogen-bond donors (Lipinski definition) is 0. The van der Waals surface area contributed by atoms with Crippen LogP contribution in [-0.4, -0.2) is 92.5 Å². The normalized spacial score (nSPS) is 12.6. The fourth-order valence-corrected chi connectivity index (χ4v) is 3.08. The van der Waals surface area contributed by atoms with E-state index in [2.05, 4.69) is 0 Å². The van der Waals surface area contributed by atoms with Gasteiger partial charge in [0.2, 0.25) is 0 Å². The van der Waals surface area contributed by atoms with E-state index in [1.807, 2.05) is 41.5 Å². The first kappa shape index (κ1) is 29.7. The Kier molecular flexibility index (Phi) is 19.2. The average molecular weight is 437 g/mol. The summed E-state index contributed by atoms with van der Waals surface area (Å²) in [5.74, 6) is 0. The van der Waals surface area contributed by atoms with Gasteiger partial charge in [0.15, 0.2) is 0 Å². The molecule has 0 aromatic carbocycles. The van der Waals surface area contributed by atoms with Crippen molar-refractivity contribution in [3.05, 3.63) is 0 Å². The SMILES string of the molecule is CCOCC(CCOCC(COCC)(COCC)COCC)(COCC)COCC. The van der Waals surface area contributed by atoms with E-state index >= 15 is 0 Å². The Morgan fingerprint density at radius 1 is 0.367 bits per heavy atom. The maximum absolute atomic E-state index is 6.18. The van der Waals surface area contributed by atoms with E-state index in [4.69, 9.17) is 33.2 Å². The van der Waals surface area contributed by atoms with Crippen LogP contribution < -0.4 is 0 Å². The minimum Gasteiger partial charge on any atom is -0.381 e. The molecule has 0 atom stereocenters. The van der Waals surface area contributed by atoms with Crippen LogP contribution in [0.3, 0.4) is 0 Å². The van der Waals surface area contributed by atoms with Crippen molar-refractivity contribution in [3.63, 3.8) is 0 Å². The predicted octanol–water partition coefficient (Wildman–Crippen LogP) is 3.58. The van der Waals surface area contributed by atoms with E-state index in [9.17, 15) is 0 Å². The van der Waals surface area contributed by atoms with E-state index in [0.29, 0.717) is 92.5 Å². The lowest BCUT2D eigenvalue weighted by Crippen LogP contribution is -2.43. The van der Waals surface area contributed by atoms with Crippen molar-refractivity contribution in [1.82, 2.24) is 0 Å². The van der Waals surface area contributed by atoms with Crippen LogP contribution in [0.25, 0.3) is 0 Å². The Labute approximate surface area is 185 Å². The van der Waals surface area contributed by atoms with Crippen LogP contribution >= 0.6 is 0 Å². The van der Waals surface area contributed by atoms with Gasteiger partial charge in [-0.1, -0.05) is 0 Å². The molecule has 0 fully saturated rings. The molecule has 0 rings (SSSR count). The van der Waals surface area contributed by atoms with Gasteiger partial charge in [-0.2, -0.15) is 0 Å². The highest BCUT2D eigenvalue weighted by Gasteiger charge is 2.34. The third kappa shape index (κ3) is 13.2. The van der Waals surface area contributed by atoms with Crippen molar-refractivity contribution < 1.29 is 33.2 Å². The molecule has 30 heavy (non-hydrogen) atoms. The van der Waals surface area contributed by atoms with Crippen molar-refractivity contribution in [1.29, 1.82) is 0 Å². The van der Waals surface area contributed by atoms with E-state index < -0.39 is 0 Å². The van der Waals surface area contributed by atoms with Gasteiger partial charge in [0, 0.05) is 51.7 Å². The van der Waals surface area contributed by atoms with Crippen LogP contribution in [0.4, 0.5) is 0 Å². The predicted molar refractivity (Wildman–Crippen MR) is 119 cm³/mol. The second-order valence-electron chi connectivity index (χ2n) is 7.63. The first-order valence-corrected chi connectivity index (χ1v) is 11.6. The molecule has 0 aliphatic rings. The molecule has 182 valence electrons. The third-order valence-electron chi connectivity index (χ3n) is 4.86. The van der Waals surface area contributed by atoms with Crippen molar-refractivity contribution in [3.8, 4) is 0 Å². The van der Waals surface area contributed by atoms with Gasteiger partial charge in [-0.25, -0.2) is 0 Å². The van der Waals surface area contributed by atoms with E-state index in [1.54, 1.807) is 0 Å². The lowest BCUT2D eigenvalue weighted by atomic mass is 9.87. The monoisotopic (exact) mass is 436 g/mol. The molecule has 0 radical (unpaired) electrons. The molecular weight excluding hydrogens is 388 g/mol.